The predicted molar refractivity (Wildman–Crippen MR) is 75.0 cm³/mol. The summed E-state index contributed by atoms with van der Waals surface area (Å²) in [5, 5.41) is 4.76. The monoisotopic (exact) mass is 280 g/mol. The van der Waals surface area contributed by atoms with Crippen molar-refractivity contribution in [2.75, 3.05) is 11.9 Å². The van der Waals surface area contributed by atoms with Crippen LogP contribution in [0.4, 0.5) is 5.82 Å². The van der Waals surface area contributed by atoms with Crippen molar-refractivity contribution in [3.63, 3.8) is 0 Å². The second kappa shape index (κ2) is 6.56. The molecule has 2 aromatic rings. The third-order valence-corrected chi connectivity index (χ3v) is 3.49. The Morgan fingerprint density at radius 2 is 2.22 bits per heavy atom. The average Bonchev–Trinajstić information content (AvgIpc) is 2.41. The highest BCUT2D eigenvalue weighted by Crippen LogP contribution is 2.24. The Labute approximate surface area is 115 Å². The van der Waals surface area contributed by atoms with E-state index in [-0.39, 0.29) is 0 Å². The maximum Gasteiger partial charge on any atom is 0.126 e. The molecule has 0 unspecified atom stereocenters. The molecule has 2 heterocycles. The van der Waals surface area contributed by atoms with Gasteiger partial charge in [-0.2, -0.15) is 0 Å². The van der Waals surface area contributed by atoms with E-state index < -0.39 is 0 Å². The highest BCUT2D eigenvalue weighted by Gasteiger charge is 2.05. The quantitative estimate of drug-likeness (QED) is 0.673. The van der Waals surface area contributed by atoms with Crippen molar-refractivity contribution in [2.45, 2.75) is 17.7 Å². The van der Waals surface area contributed by atoms with Gasteiger partial charge in [-0.3, -0.25) is 0 Å². The van der Waals surface area contributed by atoms with Crippen molar-refractivity contribution in [1.82, 2.24) is 15.0 Å². The van der Waals surface area contributed by atoms with E-state index in [9.17, 15) is 0 Å². The SMILES string of the molecule is CCNc1ccc(Cl)c(CSc2ccncn2)n1. The number of anilines is 1. The molecular weight excluding hydrogens is 268 g/mol. The molecule has 4 nitrogen and oxygen atoms in total. The van der Waals surface area contributed by atoms with Crippen LogP contribution in [0.2, 0.25) is 5.02 Å². The standard InChI is InChI=1S/C12H13ClN4S/c1-2-15-11-4-3-9(13)10(17-11)7-18-12-5-6-14-8-16-12/h3-6,8H,2,7H2,1H3,(H,15,17). The summed E-state index contributed by atoms with van der Waals surface area (Å²) in [5.74, 6) is 1.54. The Morgan fingerprint density at radius 1 is 1.33 bits per heavy atom. The van der Waals surface area contributed by atoms with E-state index in [1.807, 2.05) is 25.1 Å². The van der Waals surface area contributed by atoms with Gasteiger partial charge in [0, 0.05) is 18.5 Å². The van der Waals surface area contributed by atoms with Gasteiger partial charge in [0.25, 0.3) is 0 Å². The number of nitrogens with zero attached hydrogens (tertiary/aromatic N) is 3. The van der Waals surface area contributed by atoms with Crippen LogP contribution >= 0.6 is 23.4 Å². The van der Waals surface area contributed by atoms with E-state index >= 15 is 0 Å². The third-order valence-electron chi connectivity index (χ3n) is 2.19. The highest BCUT2D eigenvalue weighted by atomic mass is 35.5. The molecule has 0 aliphatic heterocycles. The van der Waals surface area contributed by atoms with E-state index in [0.29, 0.717) is 10.8 Å². The Bertz CT molecular complexity index is 507. The maximum absolute atomic E-state index is 6.13. The maximum atomic E-state index is 6.13. The minimum absolute atomic E-state index is 0.679. The van der Waals surface area contributed by atoms with Gasteiger partial charge in [0.1, 0.15) is 12.1 Å². The van der Waals surface area contributed by atoms with Crippen molar-refractivity contribution in [3.8, 4) is 0 Å². The molecule has 0 radical (unpaired) electrons. The lowest BCUT2D eigenvalue weighted by molar-refractivity contribution is 1.04. The fourth-order valence-corrected chi connectivity index (χ4v) is 2.41. The summed E-state index contributed by atoms with van der Waals surface area (Å²) in [6.07, 6.45) is 3.26. The smallest absolute Gasteiger partial charge is 0.126 e. The molecule has 0 spiro atoms. The van der Waals surface area contributed by atoms with Gasteiger partial charge >= 0.3 is 0 Å². The Kier molecular flexibility index (Phi) is 4.78. The van der Waals surface area contributed by atoms with Crippen LogP contribution in [0.25, 0.3) is 0 Å². The van der Waals surface area contributed by atoms with Gasteiger partial charge in [0.2, 0.25) is 0 Å². The lowest BCUT2D eigenvalue weighted by Gasteiger charge is -2.07. The molecule has 2 aromatic heterocycles. The molecule has 0 amide bonds. The van der Waals surface area contributed by atoms with Crippen LogP contribution < -0.4 is 5.32 Å². The van der Waals surface area contributed by atoms with Crippen molar-refractivity contribution < 1.29 is 0 Å². The molecule has 2 rings (SSSR count). The molecule has 94 valence electrons. The second-order valence-corrected chi connectivity index (χ2v) is 4.89. The van der Waals surface area contributed by atoms with Crippen molar-refractivity contribution in [1.29, 1.82) is 0 Å². The first-order chi connectivity index (χ1) is 8.79. The van der Waals surface area contributed by atoms with Gasteiger partial charge in [-0.05, 0) is 25.1 Å². The second-order valence-electron chi connectivity index (χ2n) is 3.49. The first kappa shape index (κ1) is 13.1. The summed E-state index contributed by atoms with van der Waals surface area (Å²) in [4.78, 5) is 12.5. The van der Waals surface area contributed by atoms with E-state index in [2.05, 4.69) is 20.3 Å². The first-order valence-corrected chi connectivity index (χ1v) is 6.94. The van der Waals surface area contributed by atoms with Crippen LogP contribution in [-0.2, 0) is 5.75 Å². The lowest BCUT2D eigenvalue weighted by atomic mass is 10.3. The first-order valence-electron chi connectivity index (χ1n) is 5.57. The normalized spacial score (nSPS) is 10.3. The molecule has 0 bridgehead atoms. The number of nitrogens with one attached hydrogen (secondary N) is 1. The number of hydrogen-bond acceptors (Lipinski definition) is 5. The molecule has 0 aliphatic carbocycles. The fraction of sp³-hybridized carbons (Fsp3) is 0.250. The number of halogens is 1. The fourth-order valence-electron chi connectivity index (χ4n) is 1.37. The molecule has 0 atom stereocenters. The van der Waals surface area contributed by atoms with Gasteiger partial charge in [0.05, 0.1) is 15.7 Å². The van der Waals surface area contributed by atoms with E-state index in [1.54, 1.807) is 18.0 Å². The molecule has 0 fully saturated rings. The van der Waals surface area contributed by atoms with Crippen molar-refractivity contribution in [3.05, 3.63) is 41.4 Å². The van der Waals surface area contributed by atoms with Crippen LogP contribution in [0, 0.1) is 0 Å². The zero-order valence-corrected chi connectivity index (χ0v) is 11.5. The lowest BCUT2D eigenvalue weighted by Crippen LogP contribution is -2.01. The van der Waals surface area contributed by atoms with Crippen molar-refractivity contribution >= 4 is 29.2 Å². The number of rotatable bonds is 5. The Hall–Kier alpha value is -1.33. The van der Waals surface area contributed by atoms with E-state index in [0.717, 1.165) is 23.1 Å². The number of hydrogen-bond donors (Lipinski definition) is 1. The summed E-state index contributed by atoms with van der Waals surface area (Å²) < 4.78 is 0. The average molecular weight is 281 g/mol. The van der Waals surface area contributed by atoms with Crippen LogP contribution in [-0.4, -0.2) is 21.5 Å². The summed E-state index contributed by atoms with van der Waals surface area (Å²) in [7, 11) is 0. The molecule has 0 aliphatic rings. The molecular formula is C12H13ClN4S. The van der Waals surface area contributed by atoms with Gasteiger partial charge in [0.15, 0.2) is 0 Å². The number of pyridine rings is 1. The number of thioether (sulfide) groups is 1. The largest absolute Gasteiger partial charge is 0.370 e. The van der Waals surface area contributed by atoms with Crippen molar-refractivity contribution in [2.24, 2.45) is 0 Å². The summed E-state index contributed by atoms with van der Waals surface area (Å²) >= 11 is 7.71. The van der Waals surface area contributed by atoms with E-state index in [4.69, 9.17) is 11.6 Å². The summed E-state index contributed by atoms with van der Waals surface area (Å²) in [6.45, 7) is 2.87. The Morgan fingerprint density at radius 3 is 2.94 bits per heavy atom. The zero-order chi connectivity index (χ0) is 12.8. The molecule has 0 saturated heterocycles. The molecule has 1 N–H and O–H groups in total. The molecule has 18 heavy (non-hydrogen) atoms. The van der Waals surface area contributed by atoms with Gasteiger partial charge in [-0.1, -0.05) is 23.4 Å². The number of aromatic nitrogens is 3. The van der Waals surface area contributed by atoms with Gasteiger partial charge in [-0.25, -0.2) is 15.0 Å². The van der Waals surface area contributed by atoms with Gasteiger partial charge < -0.3 is 5.32 Å². The Balaban J connectivity index is 2.06. The van der Waals surface area contributed by atoms with Crippen LogP contribution in [0.5, 0.6) is 0 Å². The van der Waals surface area contributed by atoms with Crippen LogP contribution in [0.15, 0.2) is 35.7 Å². The van der Waals surface area contributed by atoms with Gasteiger partial charge in [-0.15, -0.1) is 0 Å². The molecule has 0 aromatic carbocycles. The highest BCUT2D eigenvalue weighted by molar-refractivity contribution is 7.98. The topological polar surface area (TPSA) is 50.7 Å². The molecule has 0 saturated carbocycles. The summed E-state index contributed by atoms with van der Waals surface area (Å²) in [6, 6.07) is 5.61. The molecule has 6 heteroatoms. The van der Waals surface area contributed by atoms with Crippen LogP contribution in [0.3, 0.4) is 0 Å². The van der Waals surface area contributed by atoms with Crippen LogP contribution in [0.1, 0.15) is 12.6 Å². The van der Waals surface area contributed by atoms with E-state index in [1.165, 1.54) is 6.33 Å². The third kappa shape index (κ3) is 3.58. The minimum atomic E-state index is 0.679. The minimum Gasteiger partial charge on any atom is -0.370 e. The zero-order valence-electron chi connectivity index (χ0n) is 9.93. The predicted octanol–water partition coefficient (Wildman–Crippen LogP) is 3.25. The summed E-state index contributed by atoms with van der Waals surface area (Å²) in [5.41, 5.74) is 0.860.